The van der Waals surface area contributed by atoms with Gasteiger partial charge in [0.15, 0.2) is 0 Å². The number of benzene rings is 2. The van der Waals surface area contributed by atoms with Gasteiger partial charge in [-0.25, -0.2) is 10.1 Å². The van der Waals surface area contributed by atoms with Gasteiger partial charge in [-0.05, 0) is 40.5 Å². The van der Waals surface area contributed by atoms with Crippen molar-refractivity contribution < 1.29 is 4.79 Å². The van der Waals surface area contributed by atoms with Crippen LogP contribution < -0.4 is 5.43 Å². The molecular formula is C19H16BrClN4O. The highest BCUT2D eigenvalue weighted by Gasteiger charge is 2.13. The predicted molar refractivity (Wildman–Crippen MR) is 107 cm³/mol. The van der Waals surface area contributed by atoms with Gasteiger partial charge in [0.2, 0.25) is 0 Å². The number of aromatic nitrogens is 2. The molecule has 26 heavy (non-hydrogen) atoms. The molecule has 1 amide bonds. The van der Waals surface area contributed by atoms with E-state index in [9.17, 15) is 4.79 Å². The number of hydrogen-bond donors (Lipinski definition) is 1. The third-order valence-corrected chi connectivity index (χ3v) is 4.85. The highest BCUT2D eigenvalue weighted by molar-refractivity contribution is 9.10. The molecular weight excluding hydrogens is 416 g/mol. The van der Waals surface area contributed by atoms with Gasteiger partial charge in [-0.3, -0.25) is 4.79 Å². The standard InChI is InChI=1S/C19H16BrClN4O/c1-13-16(11-22-23-19(26)15-9-5-6-10-17(15)20)18(21)25(24-13)12-14-7-3-2-4-8-14/h2-11H,12H2,1H3,(H,23,26)/b22-11-. The fourth-order valence-electron chi connectivity index (χ4n) is 2.44. The number of nitrogens with one attached hydrogen (secondary N) is 1. The lowest BCUT2D eigenvalue weighted by atomic mass is 10.2. The van der Waals surface area contributed by atoms with Crippen LogP contribution in [-0.2, 0) is 6.54 Å². The first-order valence-electron chi connectivity index (χ1n) is 7.91. The summed E-state index contributed by atoms with van der Waals surface area (Å²) in [5, 5.41) is 8.94. The Morgan fingerprint density at radius 1 is 1.23 bits per heavy atom. The van der Waals surface area contributed by atoms with Crippen LogP contribution >= 0.6 is 27.5 Å². The molecule has 3 rings (SSSR count). The monoisotopic (exact) mass is 430 g/mol. The summed E-state index contributed by atoms with van der Waals surface area (Å²) in [7, 11) is 0. The number of carbonyl (C=O) groups excluding carboxylic acids is 1. The van der Waals surface area contributed by atoms with Crippen molar-refractivity contribution in [2.45, 2.75) is 13.5 Å². The number of aryl methyl sites for hydroxylation is 1. The average Bonchev–Trinajstić information content (AvgIpc) is 2.90. The largest absolute Gasteiger partial charge is 0.272 e. The van der Waals surface area contributed by atoms with E-state index in [4.69, 9.17) is 11.6 Å². The molecule has 0 fully saturated rings. The van der Waals surface area contributed by atoms with Crippen LogP contribution in [0.5, 0.6) is 0 Å². The highest BCUT2D eigenvalue weighted by atomic mass is 79.9. The first-order valence-corrected chi connectivity index (χ1v) is 9.08. The van der Waals surface area contributed by atoms with Gasteiger partial charge in [-0.1, -0.05) is 54.1 Å². The zero-order valence-electron chi connectivity index (χ0n) is 14.0. The van der Waals surface area contributed by atoms with Crippen LogP contribution in [-0.4, -0.2) is 21.9 Å². The molecule has 0 unspecified atom stereocenters. The zero-order valence-corrected chi connectivity index (χ0v) is 16.3. The maximum atomic E-state index is 12.2. The van der Waals surface area contributed by atoms with E-state index < -0.39 is 0 Å². The molecule has 0 aliphatic heterocycles. The summed E-state index contributed by atoms with van der Waals surface area (Å²) < 4.78 is 2.42. The zero-order chi connectivity index (χ0) is 18.5. The van der Waals surface area contributed by atoms with Gasteiger partial charge < -0.3 is 0 Å². The SMILES string of the molecule is Cc1nn(Cc2ccccc2)c(Cl)c1/C=N\NC(=O)c1ccccc1Br. The van der Waals surface area contributed by atoms with Crippen molar-refractivity contribution in [2.24, 2.45) is 5.10 Å². The summed E-state index contributed by atoms with van der Waals surface area (Å²) in [4.78, 5) is 12.2. The van der Waals surface area contributed by atoms with E-state index in [1.165, 1.54) is 6.21 Å². The molecule has 1 aromatic heterocycles. The number of rotatable bonds is 5. The van der Waals surface area contributed by atoms with Gasteiger partial charge in [-0.15, -0.1) is 0 Å². The maximum Gasteiger partial charge on any atom is 0.272 e. The lowest BCUT2D eigenvalue weighted by Gasteiger charge is -2.03. The van der Waals surface area contributed by atoms with Gasteiger partial charge >= 0.3 is 0 Å². The number of carbonyl (C=O) groups is 1. The first kappa shape index (κ1) is 18.4. The quantitative estimate of drug-likeness (QED) is 0.480. The molecule has 2 aromatic carbocycles. The Hall–Kier alpha value is -2.44. The molecule has 5 nitrogen and oxygen atoms in total. The Kier molecular flexibility index (Phi) is 5.85. The predicted octanol–water partition coefficient (Wildman–Crippen LogP) is 4.42. The molecule has 0 aliphatic carbocycles. The van der Waals surface area contributed by atoms with Crippen molar-refractivity contribution >= 4 is 39.7 Å². The normalized spacial score (nSPS) is 11.0. The van der Waals surface area contributed by atoms with Crippen LogP contribution in [0.3, 0.4) is 0 Å². The molecule has 0 saturated heterocycles. The lowest BCUT2D eigenvalue weighted by molar-refractivity contribution is 0.0954. The Morgan fingerprint density at radius 2 is 1.92 bits per heavy atom. The molecule has 1 N–H and O–H groups in total. The number of hydrazone groups is 1. The maximum absolute atomic E-state index is 12.2. The van der Waals surface area contributed by atoms with Crippen LogP contribution in [0.4, 0.5) is 0 Å². The van der Waals surface area contributed by atoms with E-state index in [2.05, 4.69) is 31.6 Å². The Morgan fingerprint density at radius 3 is 2.65 bits per heavy atom. The molecule has 0 radical (unpaired) electrons. The summed E-state index contributed by atoms with van der Waals surface area (Å²) >= 11 is 9.77. The molecule has 0 bridgehead atoms. The first-order chi connectivity index (χ1) is 12.6. The third-order valence-electron chi connectivity index (χ3n) is 3.76. The fourth-order valence-corrected chi connectivity index (χ4v) is 3.18. The second kappa shape index (κ2) is 8.29. The Bertz CT molecular complexity index is 953. The van der Waals surface area contributed by atoms with E-state index in [-0.39, 0.29) is 5.91 Å². The average molecular weight is 432 g/mol. The number of halogens is 2. The van der Waals surface area contributed by atoms with E-state index in [1.807, 2.05) is 43.3 Å². The molecule has 0 spiro atoms. The van der Waals surface area contributed by atoms with E-state index in [0.717, 1.165) is 11.3 Å². The van der Waals surface area contributed by atoms with E-state index in [0.29, 0.717) is 27.3 Å². The van der Waals surface area contributed by atoms with Crippen molar-refractivity contribution in [1.29, 1.82) is 0 Å². The summed E-state index contributed by atoms with van der Waals surface area (Å²) in [5.74, 6) is -0.306. The van der Waals surface area contributed by atoms with E-state index >= 15 is 0 Å². The smallest absolute Gasteiger partial charge is 0.267 e. The summed E-state index contributed by atoms with van der Waals surface area (Å²) in [6, 6.07) is 17.1. The lowest BCUT2D eigenvalue weighted by Crippen LogP contribution is -2.18. The van der Waals surface area contributed by atoms with Crippen LogP contribution in [0, 0.1) is 6.92 Å². The minimum absolute atomic E-state index is 0.306. The van der Waals surface area contributed by atoms with Crippen molar-refractivity contribution in [3.63, 3.8) is 0 Å². The molecule has 3 aromatic rings. The fraction of sp³-hybridized carbons (Fsp3) is 0.105. The summed E-state index contributed by atoms with van der Waals surface area (Å²) in [5.41, 5.74) is 5.53. The van der Waals surface area contributed by atoms with Crippen LogP contribution in [0.2, 0.25) is 5.15 Å². The van der Waals surface area contributed by atoms with Gasteiger partial charge in [-0.2, -0.15) is 10.2 Å². The van der Waals surface area contributed by atoms with Crippen LogP contribution in [0.25, 0.3) is 0 Å². The molecule has 0 atom stereocenters. The molecule has 0 aliphatic rings. The number of nitrogens with zero attached hydrogens (tertiary/aromatic N) is 3. The van der Waals surface area contributed by atoms with Gasteiger partial charge in [0.05, 0.1) is 29.6 Å². The number of hydrogen-bond acceptors (Lipinski definition) is 3. The second-order valence-electron chi connectivity index (χ2n) is 5.61. The van der Waals surface area contributed by atoms with Crippen molar-refractivity contribution in [1.82, 2.24) is 15.2 Å². The second-order valence-corrected chi connectivity index (χ2v) is 6.82. The van der Waals surface area contributed by atoms with Crippen LogP contribution in [0.1, 0.15) is 27.2 Å². The summed E-state index contributed by atoms with van der Waals surface area (Å²) in [6.45, 7) is 2.42. The van der Waals surface area contributed by atoms with E-state index in [1.54, 1.807) is 22.9 Å². The molecule has 7 heteroatoms. The molecule has 0 saturated carbocycles. The van der Waals surface area contributed by atoms with Gasteiger partial charge in [0, 0.05) is 4.47 Å². The highest BCUT2D eigenvalue weighted by Crippen LogP contribution is 2.19. The minimum Gasteiger partial charge on any atom is -0.267 e. The van der Waals surface area contributed by atoms with Crippen LogP contribution in [0.15, 0.2) is 64.2 Å². The molecule has 1 heterocycles. The third kappa shape index (κ3) is 4.20. The topological polar surface area (TPSA) is 59.3 Å². The summed E-state index contributed by atoms with van der Waals surface area (Å²) in [6.07, 6.45) is 1.51. The van der Waals surface area contributed by atoms with Gasteiger partial charge in [0.1, 0.15) is 5.15 Å². The number of amides is 1. The Labute approximate surface area is 164 Å². The van der Waals surface area contributed by atoms with Crippen molar-refractivity contribution in [3.05, 3.63) is 86.6 Å². The Balaban J connectivity index is 1.73. The molecule has 132 valence electrons. The van der Waals surface area contributed by atoms with Crippen molar-refractivity contribution in [3.8, 4) is 0 Å². The van der Waals surface area contributed by atoms with Gasteiger partial charge in [0.25, 0.3) is 5.91 Å². The van der Waals surface area contributed by atoms with Crippen molar-refractivity contribution in [2.75, 3.05) is 0 Å². The minimum atomic E-state index is -0.306.